The molecule has 0 saturated heterocycles. The van der Waals surface area contributed by atoms with Crippen LogP contribution in [0.3, 0.4) is 0 Å². The number of rotatable bonds is 0. The van der Waals surface area contributed by atoms with E-state index in [1.807, 2.05) is 0 Å². The fourth-order valence-electron chi connectivity index (χ4n) is 4.14. The van der Waals surface area contributed by atoms with E-state index in [4.69, 9.17) is 0 Å². The maximum Gasteiger partial charge on any atom is -0.0200 e. The van der Waals surface area contributed by atoms with Crippen LogP contribution in [0.2, 0.25) is 0 Å². The molecule has 2 saturated carbocycles. The van der Waals surface area contributed by atoms with E-state index in [-0.39, 0.29) is 0 Å². The summed E-state index contributed by atoms with van der Waals surface area (Å²) in [5.74, 6) is 4.33. The Morgan fingerprint density at radius 1 is 0.923 bits per heavy atom. The Morgan fingerprint density at radius 2 is 1.85 bits per heavy atom. The number of hydrogen-bond donors (Lipinski definition) is 0. The molecule has 0 N–H and O–H groups in total. The van der Waals surface area contributed by atoms with Crippen LogP contribution in [0.1, 0.15) is 44.9 Å². The Bertz CT molecular complexity index is 216. The van der Waals surface area contributed by atoms with Crippen LogP contribution in [-0.2, 0) is 0 Å². The normalized spacial score (nSPS) is 48.6. The summed E-state index contributed by atoms with van der Waals surface area (Å²) >= 11 is 0. The molecule has 0 heteroatoms. The first-order valence-electron chi connectivity index (χ1n) is 6.12. The van der Waals surface area contributed by atoms with Crippen molar-refractivity contribution in [2.45, 2.75) is 44.9 Å². The molecule has 4 atom stereocenters. The van der Waals surface area contributed by atoms with Gasteiger partial charge in [0.2, 0.25) is 0 Å². The van der Waals surface area contributed by atoms with Crippen molar-refractivity contribution in [1.29, 1.82) is 0 Å². The molecule has 0 aromatic carbocycles. The van der Waals surface area contributed by atoms with Gasteiger partial charge in [-0.15, -0.1) is 0 Å². The Hall–Kier alpha value is -0.260. The van der Waals surface area contributed by atoms with Gasteiger partial charge in [-0.2, -0.15) is 0 Å². The lowest BCUT2D eigenvalue weighted by Gasteiger charge is -2.30. The second-order valence-corrected chi connectivity index (χ2v) is 5.28. The van der Waals surface area contributed by atoms with E-state index in [1.165, 1.54) is 32.1 Å². The van der Waals surface area contributed by atoms with E-state index in [2.05, 4.69) is 12.2 Å². The molecular formula is C13H20. The highest BCUT2D eigenvalue weighted by atomic mass is 14.5. The Labute approximate surface area is 81.4 Å². The number of fused-ring (bicyclic) bond motifs is 3. The van der Waals surface area contributed by atoms with Gasteiger partial charge in [0.15, 0.2) is 0 Å². The van der Waals surface area contributed by atoms with E-state index >= 15 is 0 Å². The summed E-state index contributed by atoms with van der Waals surface area (Å²) in [5.41, 5.74) is 0. The molecule has 0 nitrogen and oxygen atoms in total. The van der Waals surface area contributed by atoms with Crippen LogP contribution >= 0.6 is 0 Å². The predicted octanol–water partition coefficient (Wildman–Crippen LogP) is 3.78. The molecule has 3 rings (SSSR count). The van der Waals surface area contributed by atoms with E-state index in [9.17, 15) is 0 Å². The van der Waals surface area contributed by atoms with Gasteiger partial charge in [-0.25, -0.2) is 0 Å². The summed E-state index contributed by atoms with van der Waals surface area (Å²) < 4.78 is 0. The van der Waals surface area contributed by atoms with Gasteiger partial charge in [-0.05, 0) is 49.4 Å². The molecule has 0 aromatic rings. The third kappa shape index (κ3) is 1.26. The molecule has 0 bridgehead atoms. The first-order chi connectivity index (χ1) is 6.45. The molecule has 2 fully saturated rings. The SMILES string of the molecule is C1=CC2CC3CCCCC3C2CC1. The van der Waals surface area contributed by atoms with Crippen LogP contribution in [0.5, 0.6) is 0 Å². The Morgan fingerprint density at radius 3 is 2.85 bits per heavy atom. The topological polar surface area (TPSA) is 0 Å². The molecule has 0 aliphatic heterocycles. The predicted molar refractivity (Wildman–Crippen MR) is 55.4 cm³/mol. The molecule has 0 heterocycles. The molecular weight excluding hydrogens is 156 g/mol. The minimum atomic E-state index is 0.988. The highest BCUT2D eigenvalue weighted by Crippen LogP contribution is 2.52. The second kappa shape index (κ2) is 3.15. The Kier molecular flexibility index (Phi) is 1.96. The van der Waals surface area contributed by atoms with E-state index in [1.54, 1.807) is 12.8 Å². The standard InChI is InChI=1S/C13H20/c1-3-7-12-10(5-1)9-11-6-2-4-8-13(11)12/h1,5,10-13H,2-4,6-9H2. The van der Waals surface area contributed by atoms with E-state index in [0.29, 0.717) is 0 Å². The third-order valence-corrected chi connectivity index (χ3v) is 4.69. The van der Waals surface area contributed by atoms with Crippen molar-refractivity contribution in [1.82, 2.24) is 0 Å². The summed E-state index contributed by atoms with van der Waals surface area (Å²) in [6, 6.07) is 0. The zero-order chi connectivity index (χ0) is 8.67. The molecule has 3 aliphatic rings. The number of allylic oxidation sites excluding steroid dienone is 2. The highest BCUT2D eigenvalue weighted by molar-refractivity contribution is 5.05. The zero-order valence-corrected chi connectivity index (χ0v) is 8.41. The van der Waals surface area contributed by atoms with Crippen LogP contribution in [0.15, 0.2) is 12.2 Å². The van der Waals surface area contributed by atoms with Gasteiger partial charge in [0, 0.05) is 0 Å². The first-order valence-corrected chi connectivity index (χ1v) is 6.12. The van der Waals surface area contributed by atoms with Crippen LogP contribution in [0, 0.1) is 23.7 Å². The summed E-state index contributed by atoms with van der Waals surface area (Å²) in [6.45, 7) is 0. The Balaban J connectivity index is 1.81. The highest BCUT2D eigenvalue weighted by Gasteiger charge is 2.42. The fraction of sp³-hybridized carbons (Fsp3) is 0.846. The maximum atomic E-state index is 2.53. The maximum absolute atomic E-state index is 2.53. The molecule has 0 aromatic heterocycles. The summed E-state index contributed by atoms with van der Waals surface area (Å²) in [7, 11) is 0. The quantitative estimate of drug-likeness (QED) is 0.493. The van der Waals surface area contributed by atoms with Gasteiger partial charge >= 0.3 is 0 Å². The smallest absolute Gasteiger partial charge is 0.0200 e. The molecule has 72 valence electrons. The van der Waals surface area contributed by atoms with Gasteiger partial charge in [-0.1, -0.05) is 31.4 Å². The first kappa shape index (κ1) is 8.08. The van der Waals surface area contributed by atoms with Gasteiger partial charge < -0.3 is 0 Å². The molecule has 0 amide bonds. The van der Waals surface area contributed by atoms with Gasteiger partial charge in [0.25, 0.3) is 0 Å². The molecule has 4 unspecified atom stereocenters. The average molecular weight is 176 g/mol. The monoisotopic (exact) mass is 176 g/mol. The summed E-state index contributed by atoms with van der Waals surface area (Å²) in [6.07, 6.45) is 15.5. The molecule has 0 radical (unpaired) electrons. The average Bonchev–Trinajstić information content (AvgIpc) is 2.56. The van der Waals surface area contributed by atoms with Crippen molar-refractivity contribution in [3.8, 4) is 0 Å². The lowest BCUT2D eigenvalue weighted by molar-refractivity contribution is 0.213. The van der Waals surface area contributed by atoms with Crippen molar-refractivity contribution < 1.29 is 0 Å². The van der Waals surface area contributed by atoms with Crippen molar-refractivity contribution in [3.63, 3.8) is 0 Å². The van der Waals surface area contributed by atoms with Gasteiger partial charge in [-0.3, -0.25) is 0 Å². The molecule has 0 spiro atoms. The van der Waals surface area contributed by atoms with Gasteiger partial charge in [0.05, 0.1) is 0 Å². The number of hydrogen-bond acceptors (Lipinski definition) is 0. The van der Waals surface area contributed by atoms with E-state index in [0.717, 1.165) is 23.7 Å². The summed E-state index contributed by atoms with van der Waals surface area (Å²) in [5, 5.41) is 0. The zero-order valence-electron chi connectivity index (χ0n) is 8.41. The lowest BCUT2D eigenvalue weighted by Crippen LogP contribution is -2.21. The van der Waals surface area contributed by atoms with Crippen LogP contribution in [-0.4, -0.2) is 0 Å². The van der Waals surface area contributed by atoms with Crippen molar-refractivity contribution in [2.75, 3.05) is 0 Å². The van der Waals surface area contributed by atoms with Crippen molar-refractivity contribution in [3.05, 3.63) is 12.2 Å². The summed E-state index contributed by atoms with van der Waals surface area (Å²) in [4.78, 5) is 0. The molecule has 3 aliphatic carbocycles. The van der Waals surface area contributed by atoms with Crippen LogP contribution in [0.25, 0.3) is 0 Å². The lowest BCUT2D eigenvalue weighted by atomic mass is 9.75. The van der Waals surface area contributed by atoms with E-state index < -0.39 is 0 Å². The van der Waals surface area contributed by atoms with Crippen molar-refractivity contribution in [2.24, 2.45) is 23.7 Å². The largest absolute Gasteiger partial charge is 0.0882 e. The van der Waals surface area contributed by atoms with Crippen molar-refractivity contribution >= 4 is 0 Å². The minimum Gasteiger partial charge on any atom is -0.0882 e. The fourth-order valence-corrected chi connectivity index (χ4v) is 4.14. The van der Waals surface area contributed by atoms with Gasteiger partial charge in [0.1, 0.15) is 0 Å². The second-order valence-electron chi connectivity index (χ2n) is 5.28. The minimum absolute atomic E-state index is 0.988. The van der Waals surface area contributed by atoms with Crippen LogP contribution < -0.4 is 0 Å². The third-order valence-electron chi connectivity index (χ3n) is 4.69. The molecule has 13 heavy (non-hydrogen) atoms. The van der Waals surface area contributed by atoms with Crippen LogP contribution in [0.4, 0.5) is 0 Å².